The van der Waals surface area contributed by atoms with Gasteiger partial charge in [-0.2, -0.15) is 13.2 Å². The van der Waals surface area contributed by atoms with Crippen LogP contribution in [0.1, 0.15) is 11.3 Å². The van der Waals surface area contributed by atoms with Crippen molar-refractivity contribution in [3.05, 3.63) is 50.9 Å². The Bertz CT molecular complexity index is 680. The summed E-state index contributed by atoms with van der Waals surface area (Å²) in [4.78, 5) is 17.1. The molecular formula is C12H9ClF3N3O. The second kappa shape index (κ2) is 5.16. The Morgan fingerprint density at radius 1 is 1.25 bits per heavy atom. The van der Waals surface area contributed by atoms with E-state index >= 15 is 0 Å². The molecule has 0 aliphatic rings. The molecule has 0 amide bonds. The highest BCUT2D eigenvalue weighted by molar-refractivity contribution is 6.30. The number of hydrogen-bond acceptors (Lipinski definition) is 3. The zero-order valence-electron chi connectivity index (χ0n) is 10.2. The van der Waals surface area contributed by atoms with Gasteiger partial charge in [0.05, 0.1) is 0 Å². The molecule has 1 aromatic carbocycles. The predicted octanol–water partition coefficient (Wildman–Crippen LogP) is 3.49. The smallest absolute Gasteiger partial charge is 0.326 e. The van der Waals surface area contributed by atoms with E-state index < -0.39 is 23.0 Å². The zero-order chi connectivity index (χ0) is 14.9. The highest BCUT2D eigenvalue weighted by Gasteiger charge is 2.36. The van der Waals surface area contributed by atoms with Crippen LogP contribution in [0.2, 0.25) is 5.02 Å². The summed E-state index contributed by atoms with van der Waals surface area (Å²) in [5.74, 6) is -0.282. The van der Waals surface area contributed by atoms with Crippen LogP contribution in [0, 0.1) is 6.92 Å². The lowest BCUT2D eigenvalue weighted by Crippen LogP contribution is -2.22. The molecule has 2 N–H and O–H groups in total. The maximum atomic E-state index is 12.7. The molecule has 2 aromatic rings. The number of aromatic amines is 1. The van der Waals surface area contributed by atoms with Gasteiger partial charge in [0.15, 0.2) is 5.69 Å². The van der Waals surface area contributed by atoms with E-state index in [4.69, 9.17) is 11.6 Å². The number of alkyl halides is 3. The molecule has 0 unspecified atom stereocenters. The molecule has 8 heteroatoms. The van der Waals surface area contributed by atoms with Crippen molar-refractivity contribution in [1.82, 2.24) is 9.97 Å². The van der Waals surface area contributed by atoms with Crippen LogP contribution in [0.25, 0.3) is 0 Å². The van der Waals surface area contributed by atoms with Gasteiger partial charge in [-0.05, 0) is 31.2 Å². The molecule has 20 heavy (non-hydrogen) atoms. The maximum Gasteiger partial charge on any atom is 0.433 e. The number of rotatable bonds is 2. The first-order valence-corrected chi connectivity index (χ1v) is 5.86. The lowest BCUT2D eigenvalue weighted by molar-refractivity contribution is -0.141. The molecule has 0 spiro atoms. The van der Waals surface area contributed by atoms with Gasteiger partial charge in [0.1, 0.15) is 0 Å². The number of H-pyrrole nitrogens is 1. The van der Waals surface area contributed by atoms with Crippen molar-refractivity contribution >= 4 is 23.2 Å². The number of nitrogens with one attached hydrogen (secondary N) is 2. The predicted molar refractivity (Wildman–Crippen MR) is 69.3 cm³/mol. The Kier molecular flexibility index (Phi) is 3.71. The number of nitrogens with zero attached hydrogens (tertiary/aromatic N) is 1. The molecular weight excluding hydrogens is 295 g/mol. The number of halogens is 4. The van der Waals surface area contributed by atoms with E-state index in [1.165, 1.54) is 0 Å². The first-order chi connectivity index (χ1) is 9.27. The molecule has 0 fully saturated rings. The van der Waals surface area contributed by atoms with Gasteiger partial charge >= 0.3 is 6.18 Å². The minimum Gasteiger partial charge on any atom is -0.326 e. The number of aromatic nitrogens is 2. The van der Waals surface area contributed by atoms with Gasteiger partial charge in [-0.25, -0.2) is 4.98 Å². The fraction of sp³-hybridized carbons (Fsp3) is 0.167. The molecule has 1 heterocycles. The Morgan fingerprint density at radius 2 is 1.85 bits per heavy atom. The van der Waals surface area contributed by atoms with E-state index in [9.17, 15) is 18.0 Å². The molecule has 0 radical (unpaired) electrons. The van der Waals surface area contributed by atoms with Crippen molar-refractivity contribution in [3.63, 3.8) is 0 Å². The van der Waals surface area contributed by atoms with Crippen LogP contribution in [0.4, 0.5) is 24.8 Å². The summed E-state index contributed by atoms with van der Waals surface area (Å²) in [5.41, 5.74) is -2.07. The van der Waals surface area contributed by atoms with Gasteiger partial charge < -0.3 is 5.32 Å². The van der Waals surface area contributed by atoms with Gasteiger partial charge in [-0.1, -0.05) is 11.6 Å². The molecule has 106 valence electrons. The van der Waals surface area contributed by atoms with Crippen molar-refractivity contribution in [3.8, 4) is 0 Å². The van der Waals surface area contributed by atoms with Crippen molar-refractivity contribution in [2.24, 2.45) is 0 Å². The summed E-state index contributed by atoms with van der Waals surface area (Å²) < 4.78 is 38.2. The zero-order valence-corrected chi connectivity index (χ0v) is 10.9. The van der Waals surface area contributed by atoms with Gasteiger partial charge in [-0.3, -0.25) is 9.78 Å². The van der Waals surface area contributed by atoms with Gasteiger partial charge in [-0.15, -0.1) is 0 Å². The second-order valence-corrected chi connectivity index (χ2v) is 4.45. The van der Waals surface area contributed by atoms with Gasteiger partial charge in [0.2, 0.25) is 5.95 Å². The van der Waals surface area contributed by atoms with E-state index in [1.54, 1.807) is 24.3 Å². The van der Waals surface area contributed by atoms with Gasteiger partial charge in [0, 0.05) is 16.3 Å². The molecule has 0 bridgehead atoms. The molecule has 0 aliphatic heterocycles. The minimum atomic E-state index is -4.69. The Labute approximate surface area is 116 Å². The lowest BCUT2D eigenvalue weighted by Gasteiger charge is -2.11. The standard InChI is InChI=1S/C12H9ClF3N3O/c1-6-9(12(14,15)16)18-11(19-10(6)20)17-8-4-2-7(13)3-5-8/h2-5H,1H3,(H2,17,18,19,20). The Hall–Kier alpha value is -2.02. The lowest BCUT2D eigenvalue weighted by atomic mass is 10.2. The van der Waals surface area contributed by atoms with E-state index in [0.29, 0.717) is 10.7 Å². The molecule has 0 aliphatic carbocycles. The average molecular weight is 304 g/mol. The third-order valence-electron chi connectivity index (χ3n) is 2.53. The SMILES string of the molecule is Cc1c(C(F)(F)F)nc(Nc2ccc(Cl)cc2)[nH]c1=O. The summed E-state index contributed by atoms with van der Waals surface area (Å²) >= 11 is 5.70. The fourth-order valence-corrected chi connectivity index (χ4v) is 1.66. The monoisotopic (exact) mass is 303 g/mol. The number of benzene rings is 1. The van der Waals surface area contributed by atoms with Crippen LogP contribution < -0.4 is 10.9 Å². The normalized spacial score (nSPS) is 11.4. The Morgan fingerprint density at radius 3 is 2.40 bits per heavy atom. The highest BCUT2D eigenvalue weighted by atomic mass is 35.5. The van der Waals surface area contributed by atoms with E-state index in [1.807, 2.05) is 0 Å². The third-order valence-corrected chi connectivity index (χ3v) is 2.78. The fourth-order valence-electron chi connectivity index (χ4n) is 1.54. The average Bonchev–Trinajstić information content (AvgIpc) is 2.35. The maximum absolute atomic E-state index is 12.7. The third kappa shape index (κ3) is 3.11. The molecule has 2 rings (SSSR count). The molecule has 4 nitrogen and oxygen atoms in total. The van der Waals surface area contributed by atoms with Crippen LogP contribution >= 0.6 is 11.6 Å². The summed E-state index contributed by atoms with van der Waals surface area (Å²) in [6.07, 6.45) is -4.69. The van der Waals surface area contributed by atoms with Crippen molar-refractivity contribution in [1.29, 1.82) is 0 Å². The van der Waals surface area contributed by atoms with Crippen LogP contribution in [-0.2, 0) is 6.18 Å². The van der Waals surface area contributed by atoms with E-state index in [0.717, 1.165) is 6.92 Å². The van der Waals surface area contributed by atoms with Crippen LogP contribution in [0.5, 0.6) is 0 Å². The minimum absolute atomic E-state index is 0.282. The molecule has 0 atom stereocenters. The highest BCUT2D eigenvalue weighted by Crippen LogP contribution is 2.29. The molecule has 0 saturated carbocycles. The van der Waals surface area contributed by atoms with Crippen LogP contribution in [-0.4, -0.2) is 9.97 Å². The van der Waals surface area contributed by atoms with Gasteiger partial charge in [0.25, 0.3) is 5.56 Å². The van der Waals surface area contributed by atoms with Crippen LogP contribution in [0.3, 0.4) is 0 Å². The second-order valence-electron chi connectivity index (χ2n) is 4.02. The van der Waals surface area contributed by atoms with Crippen LogP contribution in [0.15, 0.2) is 29.1 Å². The first-order valence-electron chi connectivity index (χ1n) is 5.48. The Balaban J connectivity index is 2.41. The number of anilines is 2. The summed E-state index contributed by atoms with van der Waals surface area (Å²) in [7, 11) is 0. The van der Waals surface area contributed by atoms with Crippen molar-refractivity contribution < 1.29 is 13.2 Å². The quantitative estimate of drug-likeness (QED) is 0.893. The molecule has 0 saturated heterocycles. The van der Waals surface area contributed by atoms with Crippen molar-refractivity contribution in [2.45, 2.75) is 13.1 Å². The molecule has 1 aromatic heterocycles. The summed E-state index contributed by atoms with van der Waals surface area (Å²) in [5, 5.41) is 3.07. The van der Waals surface area contributed by atoms with E-state index in [-0.39, 0.29) is 5.95 Å². The van der Waals surface area contributed by atoms with Crippen molar-refractivity contribution in [2.75, 3.05) is 5.32 Å². The largest absolute Gasteiger partial charge is 0.433 e. The summed E-state index contributed by atoms with van der Waals surface area (Å²) in [6, 6.07) is 6.21. The topological polar surface area (TPSA) is 57.8 Å². The van der Waals surface area contributed by atoms with E-state index in [2.05, 4.69) is 15.3 Å². The first kappa shape index (κ1) is 14.4. The number of hydrogen-bond donors (Lipinski definition) is 2. The summed E-state index contributed by atoms with van der Waals surface area (Å²) in [6.45, 7) is 1.07.